The predicted octanol–water partition coefficient (Wildman–Crippen LogP) is 2.12. The molecule has 2 rings (SSSR count). The third-order valence-electron chi connectivity index (χ3n) is 2.09. The van der Waals surface area contributed by atoms with Gasteiger partial charge in [-0.05, 0) is 6.07 Å². The molecule has 0 atom stereocenters. The van der Waals surface area contributed by atoms with Gasteiger partial charge in [0.2, 0.25) is 17.6 Å². The van der Waals surface area contributed by atoms with Gasteiger partial charge in [-0.25, -0.2) is 10.8 Å². The molecule has 0 spiro atoms. The number of nitrogen functional groups attached to an aromatic ring is 1. The SMILES string of the molecule is NNc1nccc(Oc2cc(Cl)ccc2[N+](=O)[O-])n1. The van der Waals surface area contributed by atoms with Crippen LogP contribution in [0.5, 0.6) is 11.6 Å². The van der Waals surface area contributed by atoms with E-state index in [9.17, 15) is 10.1 Å². The van der Waals surface area contributed by atoms with Crippen LogP contribution in [0.2, 0.25) is 5.02 Å². The fourth-order valence-corrected chi connectivity index (χ4v) is 1.46. The number of anilines is 1. The second-order valence-electron chi connectivity index (χ2n) is 3.33. The van der Waals surface area contributed by atoms with Gasteiger partial charge in [-0.3, -0.25) is 15.5 Å². The first kappa shape index (κ1) is 13.0. The fourth-order valence-electron chi connectivity index (χ4n) is 1.30. The van der Waals surface area contributed by atoms with Gasteiger partial charge < -0.3 is 4.74 Å². The van der Waals surface area contributed by atoms with Crippen molar-refractivity contribution in [1.29, 1.82) is 0 Å². The zero-order valence-corrected chi connectivity index (χ0v) is 10.2. The Kier molecular flexibility index (Phi) is 3.74. The highest BCUT2D eigenvalue weighted by Crippen LogP contribution is 2.33. The summed E-state index contributed by atoms with van der Waals surface area (Å²) in [6.45, 7) is 0. The molecule has 0 radical (unpaired) electrons. The Morgan fingerprint density at radius 1 is 1.42 bits per heavy atom. The summed E-state index contributed by atoms with van der Waals surface area (Å²) in [5, 5.41) is 11.2. The Morgan fingerprint density at radius 3 is 2.89 bits per heavy atom. The second-order valence-corrected chi connectivity index (χ2v) is 3.77. The van der Waals surface area contributed by atoms with Gasteiger partial charge in [0, 0.05) is 29.4 Å². The number of hydrogen-bond acceptors (Lipinski definition) is 7. The van der Waals surface area contributed by atoms with Gasteiger partial charge in [-0.15, -0.1) is 0 Å². The average molecular weight is 282 g/mol. The molecule has 98 valence electrons. The second kappa shape index (κ2) is 5.46. The summed E-state index contributed by atoms with van der Waals surface area (Å²) in [6.07, 6.45) is 1.40. The Labute approximate surface area is 112 Å². The highest BCUT2D eigenvalue weighted by atomic mass is 35.5. The highest BCUT2D eigenvalue weighted by molar-refractivity contribution is 6.30. The monoisotopic (exact) mass is 281 g/mol. The minimum atomic E-state index is -0.574. The molecule has 0 saturated carbocycles. The van der Waals surface area contributed by atoms with Crippen molar-refractivity contribution in [2.24, 2.45) is 5.84 Å². The minimum Gasteiger partial charge on any atom is -0.432 e. The van der Waals surface area contributed by atoms with E-state index < -0.39 is 4.92 Å². The number of nitrogens with zero attached hydrogens (tertiary/aromatic N) is 3. The maximum absolute atomic E-state index is 10.9. The molecule has 0 fully saturated rings. The van der Waals surface area contributed by atoms with Crippen LogP contribution in [0, 0.1) is 10.1 Å². The third-order valence-corrected chi connectivity index (χ3v) is 2.33. The predicted molar refractivity (Wildman–Crippen MR) is 68.0 cm³/mol. The van der Waals surface area contributed by atoms with Crippen molar-refractivity contribution in [2.45, 2.75) is 0 Å². The molecule has 8 nitrogen and oxygen atoms in total. The molecular weight excluding hydrogens is 274 g/mol. The van der Waals surface area contributed by atoms with Crippen molar-refractivity contribution in [3.05, 3.63) is 45.6 Å². The molecule has 0 amide bonds. The van der Waals surface area contributed by atoms with E-state index in [2.05, 4.69) is 15.4 Å². The van der Waals surface area contributed by atoms with Crippen molar-refractivity contribution < 1.29 is 9.66 Å². The summed E-state index contributed by atoms with van der Waals surface area (Å²) in [5.41, 5.74) is 2.02. The molecule has 9 heteroatoms. The molecule has 0 aliphatic heterocycles. The molecule has 0 aliphatic carbocycles. The van der Waals surface area contributed by atoms with E-state index in [0.717, 1.165) is 0 Å². The average Bonchev–Trinajstić information content (AvgIpc) is 2.38. The molecule has 0 bridgehead atoms. The van der Waals surface area contributed by atoms with Gasteiger partial charge in [0.25, 0.3) is 0 Å². The quantitative estimate of drug-likeness (QED) is 0.501. The number of benzene rings is 1. The van der Waals surface area contributed by atoms with Crippen molar-refractivity contribution in [2.75, 3.05) is 5.43 Å². The zero-order chi connectivity index (χ0) is 13.8. The standard InChI is InChI=1S/C10H8ClN5O3/c11-6-1-2-7(16(17)18)8(5-6)19-9-3-4-13-10(14-9)15-12/h1-5H,12H2,(H,13,14,15). The number of rotatable bonds is 4. The molecule has 1 aromatic heterocycles. The van der Waals surface area contributed by atoms with Gasteiger partial charge in [0.05, 0.1) is 4.92 Å². The molecule has 2 aromatic rings. The molecular formula is C10H8ClN5O3. The number of ether oxygens (including phenoxy) is 1. The van der Waals surface area contributed by atoms with E-state index >= 15 is 0 Å². The van der Waals surface area contributed by atoms with Gasteiger partial charge in [-0.2, -0.15) is 4.98 Å². The molecule has 0 unspecified atom stereocenters. The van der Waals surface area contributed by atoms with Crippen LogP contribution in [0.15, 0.2) is 30.5 Å². The summed E-state index contributed by atoms with van der Waals surface area (Å²) in [4.78, 5) is 18.0. The Morgan fingerprint density at radius 2 is 2.21 bits per heavy atom. The molecule has 0 aliphatic rings. The third kappa shape index (κ3) is 3.06. The number of hydrogen-bond donors (Lipinski definition) is 2. The molecule has 1 heterocycles. The van der Waals surface area contributed by atoms with Crippen LogP contribution in [0.1, 0.15) is 0 Å². The topological polar surface area (TPSA) is 116 Å². The number of nitrogens with two attached hydrogens (primary N) is 1. The van der Waals surface area contributed by atoms with E-state index in [-0.39, 0.29) is 23.3 Å². The van der Waals surface area contributed by atoms with Gasteiger partial charge in [0.1, 0.15) is 0 Å². The Hall–Kier alpha value is -2.45. The molecule has 19 heavy (non-hydrogen) atoms. The van der Waals surface area contributed by atoms with E-state index in [1.54, 1.807) is 0 Å². The van der Waals surface area contributed by atoms with Crippen LogP contribution in [0.25, 0.3) is 0 Å². The van der Waals surface area contributed by atoms with E-state index in [1.807, 2.05) is 0 Å². The van der Waals surface area contributed by atoms with Gasteiger partial charge in [-0.1, -0.05) is 11.6 Å². The summed E-state index contributed by atoms with van der Waals surface area (Å²) >= 11 is 5.78. The summed E-state index contributed by atoms with van der Waals surface area (Å²) in [5.74, 6) is 5.37. The van der Waals surface area contributed by atoms with Gasteiger partial charge >= 0.3 is 5.69 Å². The Bertz CT molecular complexity index is 622. The van der Waals surface area contributed by atoms with Crippen molar-refractivity contribution in [3.8, 4) is 11.6 Å². The molecule has 1 aromatic carbocycles. The maximum atomic E-state index is 10.9. The van der Waals surface area contributed by atoms with Crippen LogP contribution >= 0.6 is 11.6 Å². The molecule has 3 N–H and O–H groups in total. The lowest BCUT2D eigenvalue weighted by Crippen LogP contribution is -2.10. The van der Waals surface area contributed by atoms with E-state index in [0.29, 0.717) is 5.02 Å². The van der Waals surface area contributed by atoms with E-state index in [4.69, 9.17) is 22.2 Å². The fraction of sp³-hybridized carbons (Fsp3) is 0. The van der Waals surface area contributed by atoms with Crippen LogP contribution < -0.4 is 16.0 Å². The van der Waals surface area contributed by atoms with E-state index in [1.165, 1.54) is 30.5 Å². The van der Waals surface area contributed by atoms with Crippen LogP contribution in [-0.2, 0) is 0 Å². The summed E-state index contributed by atoms with van der Waals surface area (Å²) in [6, 6.07) is 5.42. The first-order valence-corrected chi connectivity index (χ1v) is 5.39. The first-order valence-electron chi connectivity index (χ1n) is 5.01. The number of nitro groups is 1. The number of nitro benzene ring substituents is 1. The van der Waals surface area contributed by atoms with Crippen molar-refractivity contribution >= 4 is 23.2 Å². The maximum Gasteiger partial charge on any atom is 0.311 e. The lowest BCUT2D eigenvalue weighted by Gasteiger charge is -2.06. The summed E-state index contributed by atoms with van der Waals surface area (Å²) in [7, 11) is 0. The van der Waals surface area contributed by atoms with Crippen LogP contribution in [0.3, 0.4) is 0 Å². The lowest BCUT2D eigenvalue weighted by molar-refractivity contribution is -0.385. The number of hydrazine groups is 1. The van der Waals surface area contributed by atoms with Crippen molar-refractivity contribution in [1.82, 2.24) is 9.97 Å². The van der Waals surface area contributed by atoms with Gasteiger partial charge in [0.15, 0.2) is 0 Å². The van der Waals surface area contributed by atoms with Crippen molar-refractivity contribution in [3.63, 3.8) is 0 Å². The Balaban J connectivity index is 2.36. The largest absolute Gasteiger partial charge is 0.432 e. The lowest BCUT2D eigenvalue weighted by atomic mass is 10.3. The normalized spacial score (nSPS) is 10.0. The van der Waals surface area contributed by atoms with Crippen LogP contribution in [-0.4, -0.2) is 14.9 Å². The summed E-state index contributed by atoms with van der Waals surface area (Å²) < 4.78 is 5.32. The number of halogens is 1. The van der Waals surface area contributed by atoms with Crippen LogP contribution in [0.4, 0.5) is 11.6 Å². The number of nitrogens with one attached hydrogen (secondary N) is 1. The molecule has 0 saturated heterocycles. The first-order chi connectivity index (χ1) is 9.10. The smallest absolute Gasteiger partial charge is 0.311 e. The number of aromatic nitrogens is 2. The highest BCUT2D eigenvalue weighted by Gasteiger charge is 2.16. The zero-order valence-electron chi connectivity index (χ0n) is 9.41. The minimum absolute atomic E-state index is 0.0147.